The highest BCUT2D eigenvalue weighted by Crippen LogP contribution is 2.27. The second-order valence-electron chi connectivity index (χ2n) is 6.00. The fourth-order valence-corrected chi connectivity index (χ4v) is 2.98. The number of carbonyl (C=O) groups excluding carboxylic acids is 1. The highest BCUT2D eigenvalue weighted by atomic mass is 16.5. The molecule has 0 spiro atoms. The van der Waals surface area contributed by atoms with Crippen molar-refractivity contribution in [1.82, 2.24) is 15.0 Å². The van der Waals surface area contributed by atoms with Crippen LogP contribution in [0.4, 0.5) is 0 Å². The van der Waals surface area contributed by atoms with Crippen molar-refractivity contribution in [2.75, 3.05) is 13.7 Å². The van der Waals surface area contributed by atoms with E-state index in [-0.39, 0.29) is 37.6 Å². The molecule has 1 aromatic heterocycles. The molecule has 0 radical (unpaired) electrons. The Hall–Kier alpha value is -2.94. The lowest BCUT2D eigenvalue weighted by atomic mass is 10.2. The number of ether oxygens (including phenoxy) is 1. The quantitative estimate of drug-likeness (QED) is 0.771. The van der Waals surface area contributed by atoms with E-state index >= 15 is 0 Å². The van der Waals surface area contributed by atoms with E-state index in [1.165, 1.54) is 4.90 Å². The molecule has 1 aliphatic heterocycles. The van der Waals surface area contributed by atoms with Gasteiger partial charge in [-0.15, -0.1) is 0 Å². The van der Waals surface area contributed by atoms with Gasteiger partial charge in [0.25, 0.3) is 0 Å². The molecule has 2 aromatic rings. The molecule has 1 aliphatic rings. The van der Waals surface area contributed by atoms with Crippen LogP contribution in [0.5, 0.6) is 5.75 Å². The maximum atomic E-state index is 12.3. The molecule has 2 heterocycles. The van der Waals surface area contributed by atoms with Crippen molar-refractivity contribution in [3.63, 3.8) is 0 Å². The predicted octanol–water partition coefficient (Wildman–Crippen LogP) is 0.724. The van der Waals surface area contributed by atoms with E-state index in [0.717, 1.165) is 0 Å². The van der Waals surface area contributed by atoms with Gasteiger partial charge in [0.05, 0.1) is 18.8 Å². The Morgan fingerprint density at radius 2 is 2.15 bits per heavy atom. The number of hydrogen-bond acceptors (Lipinski definition) is 7. The van der Waals surface area contributed by atoms with Gasteiger partial charge in [-0.25, -0.2) is 4.79 Å². The molecule has 1 aromatic carbocycles. The predicted molar refractivity (Wildman–Crippen MR) is 88.4 cm³/mol. The molecule has 26 heavy (non-hydrogen) atoms. The highest BCUT2D eigenvalue weighted by molar-refractivity contribution is 5.84. The summed E-state index contributed by atoms with van der Waals surface area (Å²) >= 11 is 0. The second kappa shape index (κ2) is 7.52. The van der Waals surface area contributed by atoms with E-state index in [1.807, 2.05) is 12.1 Å². The number of benzene rings is 1. The molecular formula is C17H19N3O6. The smallest absolute Gasteiger partial charge is 0.326 e. The summed E-state index contributed by atoms with van der Waals surface area (Å²) in [5, 5.41) is 22.7. The number of carboxylic acids is 1. The number of nitrogens with zero attached hydrogens (tertiary/aromatic N) is 3. The van der Waals surface area contributed by atoms with Gasteiger partial charge >= 0.3 is 5.97 Å². The number of aryl methyl sites for hydroxylation is 1. The van der Waals surface area contributed by atoms with Gasteiger partial charge in [-0.1, -0.05) is 17.3 Å². The summed E-state index contributed by atoms with van der Waals surface area (Å²) in [4.78, 5) is 28.9. The zero-order valence-electron chi connectivity index (χ0n) is 14.2. The van der Waals surface area contributed by atoms with Gasteiger partial charge in [-0.2, -0.15) is 4.98 Å². The summed E-state index contributed by atoms with van der Waals surface area (Å²) in [6.07, 6.45) is -0.579. The number of carbonyl (C=O) groups is 2. The lowest BCUT2D eigenvalue weighted by Gasteiger charge is -2.20. The molecule has 9 nitrogen and oxygen atoms in total. The summed E-state index contributed by atoms with van der Waals surface area (Å²) in [6, 6.07) is 6.22. The van der Waals surface area contributed by atoms with Crippen LogP contribution in [0, 0.1) is 0 Å². The summed E-state index contributed by atoms with van der Waals surface area (Å²) < 4.78 is 10.4. The summed E-state index contributed by atoms with van der Waals surface area (Å²) in [7, 11) is 1.54. The third kappa shape index (κ3) is 3.67. The van der Waals surface area contributed by atoms with Crippen LogP contribution in [0.1, 0.15) is 18.7 Å². The largest absolute Gasteiger partial charge is 0.496 e. The van der Waals surface area contributed by atoms with Crippen LogP contribution in [-0.4, -0.2) is 62.9 Å². The van der Waals surface area contributed by atoms with E-state index in [4.69, 9.17) is 14.4 Å². The summed E-state index contributed by atoms with van der Waals surface area (Å²) in [6.45, 7) is 0.0199. The average molecular weight is 361 g/mol. The first-order chi connectivity index (χ1) is 12.5. The number of aromatic nitrogens is 2. The molecule has 138 valence electrons. The normalized spacial score (nSPS) is 19.5. The number of methoxy groups -OCH3 is 1. The van der Waals surface area contributed by atoms with Crippen molar-refractivity contribution in [3.05, 3.63) is 30.2 Å². The van der Waals surface area contributed by atoms with Crippen molar-refractivity contribution >= 4 is 11.9 Å². The Kier molecular flexibility index (Phi) is 5.17. The lowest BCUT2D eigenvalue weighted by Crippen LogP contribution is -2.40. The molecule has 3 rings (SSSR count). The lowest BCUT2D eigenvalue weighted by molar-refractivity contribution is -0.148. The first kappa shape index (κ1) is 17.9. The van der Waals surface area contributed by atoms with Crippen LogP contribution in [0.15, 0.2) is 28.8 Å². The second-order valence-corrected chi connectivity index (χ2v) is 6.00. The van der Waals surface area contributed by atoms with E-state index in [0.29, 0.717) is 17.1 Å². The first-order valence-electron chi connectivity index (χ1n) is 8.16. The molecule has 1 amide bonds. The van der Waals surface area contributed by atoms with Crippen LogP contribution < -0.4 is 4.74 Å². The van der Waals surface area contributed by atoms with Gasteiger partial charge in [0, 0.05) is 25.8 Å². The van der Waals surface area contributed by atoms with Gasteiger partial charge in [0.1, 0.15) is 11.8 Å². The minimum atomic E-state index is -1.12. The van der Waals surface area contributed by atoms with Crippen molar-refractivity contribution < 1.29 is 29.1 Å². The van der Waals surface area contributed by atoms with E-state index in [2.05, 4.69) is 10.1 Å². The number of carboxylic acid groups (broad SMARTS) is 1. The zero-order chi connectivity index (χ0) is 18.7. The third-order valence-electron chi connectivity index (χ3n) is 4.25. The third-order valence-corrected chi connectivity index (χ3v) is 4.25. The Morgan fingerprint density at radius 1 is 1.38 bits per heavy atom. The Balaban J connectivity index is 1.65. The summed E-state index contributed by atoms with van der Waals surface area (Å²) in [5.41, 5.74) is 0.671. The standard InChI is InChI=1S/C17H19N3O6/c1-25-13-5-3-2-4-11(13)16-18-14(26-19-16)6-7-15(22)20-9-10(21)8-12(20)17(23)24/h2-5,10,12,21H,6-9H2,1H3,(H,23,24)/t10-,12+/m0/s1. The summed E-state index contributed by atoms with van der Waals surface area (Å²) in [5.74, 6) is -0.265. The SMILES string of the molecule is COc1ccccc1-c1noc(CCC(=O)N2C[C@@H](O)C[C@@H]2C(=O)O)n1. The number of likely N-dealkylation sites (tertiary alicyclic amines) is 1. The van der Waals surface area contributed by atoms with E-state index in [1.54, 1.807) is 19.2 Å². The molecule has 1 fully saturated rings. The molecule has 0 aliphatic carbocycles. The number of β-amino-alcohol motifs (C(OH)–C–C–N with tert-alkyl or cyclic N) is 1. The number of hydrogen-bond donors (Lipinski definition) is 2. The molecule has 0 saturated carbocycles. The van der Waals surface area contributed by atoms with Gasteiger partial charge in [0.2, 0.25) is 17.6 Å². The molecule has 2 N–H and O–H groups in total. The van der Waals surface area contributed by atoms with Gasteiger partial charge in [-0.3, -0.25) is 4.79 Å². The van der Waals surface area contributed by atoms with Crippen LogP contribution in [0.25, 0.3) is 11.4 Å². The van der Waals surface area contributed by atoms with Crippen LogP contribution >= 0.6 is 0 Å². The molecule has 1 saturated heterocycles. The minimum absolute atomic E-state index is 0.0179. The van der Waals surface area contributed by atoms with E-state index < -0.39 is 18.1 Å². The van der Waals surface area contributed by atoms with Gasteiger partial charge in [0.15, 0.2) is 0 Å². The van der Waals surface area contributed by atoms with Gasteiger partial charge in [-0.05, 0) is 12.1 Å². The fraction of sp³-hybridized carbons (Fsp3) is 0.412. The minimum Gasteiger partial charge on any atom is -0.496 e. The topological polar surface area (TPSA) is 126 Å². The average Bonchev–Trinajstić information content (AvgIpc) is 3.26. The molecule has 2 atom stereocenters. The van der Waals surface area contributed by atoms with Crippen LogP contribution in [0.2, 0.25) is 0 Å². The fourth-order valence-electron chi connectivity index (χ4n) is 2.98. The number of aliphatic hydroxyl groups excluding tert-OH is 1. The Morgan fingerprint density at radius 3 is 2.88 bits per heavy atom. The molecular weight excluding hydrogens is 342 g/mol. The molecule has 0 unspecified atom stereocenters. The number of aliphatic hydroxyl groups is 1. The van der Waals surface area contributed by atoms with Gasteiger partial charge < -0.3 is 24.4 Å². The van der Waals surface area contributed by atoms with Crippen molar-refractivity contribution in [2.24, 2.45) is 0 Å². The Labute approximate surface area is 149 Å². The van der Waals surface area contributed by atoms with E-state index in [9.17, 15) is 14.7 Å². The van der Waals surface area contributed by atoms with Crippen LogP contribution in [0.3, 0.4) is 0 Å². The van der Waals surface area contributed by atoms with Crippen LogP contribution in [-0.2, 0) is 16.0 Å². The maximum Gasteiger partial charge on any atom is 0.326 e. The maximum absolute atomic E-state index is 12.3. The zero-order valence-corrected chi connectivity index (χ0v) is 14.2. The Bertz CT molecular complexity index is 805. The molecule has 0 bridgehead atoms. The number of aliphatic carboxylic acids is 1. The highest BCUT2D eigenvalue weighted by Gasteiger charge is 2.38. The number of amides is 1. The monoisotopic (exact) mass is 361 g/mol. The van der Waals surface area contributed by atoms with Crippen molar-refractivity contribution in [1.29, 1.82) is 0 Å². The van der Waals surface area contributed by atoms with Crippen molar-refractivity contribution in [2.45, 2.75) is 31.4 Å². The number of para-hydroxylation sites is 1. The first-order valence-corrected chi connectivity index (χ1v) is 8.16. The molecule has 9 heteroatoms. The number of rotatable bonds is 6. The van der Waals surface area contributed by atoms with Crippen molar-refractivity contribution in [3.8, 4) is 17.1 Å².